The Balaban J connectivity index is 2.01. The molecule has 1 N–H and O–H groups in total. The van der Waals surface area contributed by atoms with Gasteiger partial charge in [-0.15, -0.1) is 0 Å². The number of amides is 1. The fourth-order valence-corrected chi connectivity index (χ4v) is 3.63. The highest BCUT2D eigenvalue weighted by molar-refractivity contribution is 6.46. The number of ketones is 1. The zero-order valence-corrected chi connectivity index (χ0v) is 19.0. The van der Waals surface area contributed by atoms with Gasteiger partial charge in [0.25, 0.3) is 11.7 Å². The lowest BCUT2D eigenvalue weighted by Crippen LogP contribution is -2.32. The molecule has 174 valence electrons. The lowest BCUT2D eigenvalue weighted by atomic mass is 9.95. The summed E-state index contributed by atoms with van der Waals surface area (Å²) in [6.07, 6.45) is 2.52. The molecular formula is C26H29NO6. The van der Waals surface area contributed by atoms with Crippen LogP contribution < -0.4 is 9.47 Å². The summed E-state index contributed by atoms with van der Waals surface area (Å²) in [5, 5.41) is 11.1. The molecule has 0 aliphatic carbocycles. The predicted octanol–water partition coefficient (Wildman–Crippen LogP) is 4.11. The molecule has 3 rings (SSSR count). The van der Waals surface area contributed by atoms with Gasteiger partial charge in [-0.3, -0.25) is 9.59 Å². The molecule has 1 fully saturated rings. The van der Waals surface area contributed by atoms with Crippen molar-refractivity contribution in [1.29, 1.82) is 0 Å². The Morgan fingerprint density at radius 1 is 1.03 bits per heavy atom. The molecule has 2 aromatic carbocycles. The highest BCUT2D eigenvalue weighted by Crippen LogP contribution is 2.39. The molecule has 0 radical (unpaired) electrons. The van der Waals surface area contributed by atoms with Crippen LogP contribution in [0.1, 0.15) is 30.5 Å². The third-order valence-corrected chi connectivity index (χ3v) is 5.24. The van der Waals surface area contributed by atoms with Crippen LogP contribution in [0.15, 0.2) is 66.8 Å². The molecule has 1 amide bonds. The number of ether oxygens (including phenoxy) is 3. The maximum absolute atomic E-state index is 13.0. The first-order chi connectivity index (χ1) is 16.0. The summed E-state index contributed by atoms with van der Waals surface area (Å²) in [5.74, 6) is -0.335. The van der Waals surface area contributed by atoms with Crippen molar-refractivity contribution in [1.82, 2.24) is 4.90 Å². The second-order valence-electron chi connectivity index (χ2n) is 7.53. The molecule has 1 aliphatic heterocycles. The molecule has 1 aliphatic rings. The van der Waals surface area contributed by atoms with Crippen LogP contribution in [0.2, 0.25) is 0 Å². The molecule has 0 saturated carbocycles. The number of carbonyl (C=O) groups is 2. The number of hydrogen-bond acceptors (Lipinski definition) is 6. The first kappa shape index (κ1) is 24.1. The molecule has 33 heavy (non-hydrogen) atoms. The number of rotatable bonds is 11. The van der Waals surface area contributed by atoms with Gasteiger partial charge in [-0.05, 0) is 48.4 Å². The lowest BCUT2D eigenvalue weighted by Gasteiger charge is -2.25. The van der Waals surface area contributed by atoms with Crippen molar-refractivity contribution < 1.29 is 28.9 Å². The Morgan fingerprint density at radius 2 is 1.67 bits per heavy atom. The number of benzene rings is 2. The van der Waals surface area contributed by atoms with Crippen molar-refractivity contribution in [2.24, 2.45) is 0 Å². The van der Waals surface area contributed by atoms with E-state index in [1.165, 1.54) is 12.0 Å². The summed E-state index contributed by atoms with van der Waals surface area (Å²) in [4.78, 5) is 27.3. The van der Waals surface area contributed by atoms with E-state index in [0.29, 0.717) is 35.8 Å². The first-order valence-corrected chi connectivity index (χ1v) is 10.9. The monoisotopic (exact) mass is 451 g/mol. The number of carbonyl (C=O) groups excluding carboxylic acids is 2. The topological polar surface area (TPSA) is 85.3 Å². The zero-order valence-electron chi connectivity index (χ0n) is 19.0. The van der Waals surface area contributed by atoms with Crippen LogP contribution >= 0.6 is 0 Å². The highest BCUT2D eigenvalue weighted by atomic mass is 16.5. The van der Waals surface area contributed by atoms with E-state index in [0.717, 1.165) is 6.42 Å². The molecule has 0 aromatic heterocycles. The molecule has 7 nitrogen and oxygen atoms in total. The fourth-order valence-electron chi connectivity index (χ4n) is 3.63. The number of aliphatic hydroxyl groups excluding tert-OH is 1. The van der Waals surface area contributed by atoms with Gasteiger partial charge in [0, 0.05) is 19.2 Å². The minimum atomic E-state index is -0.739. The number of aliphatic hydroxyl groups is 1. The Labute approximate surface area is 193 Å². The van der Waals surface area contributed by atoms with E-state index in [9.17, 15) is 14.7 Å². The molecule has 0 bridgehead atoms. The quantitative estimate of drug-likeness (QED) is 0.240. The van der Waals surface area contributed by atoms with Crippen molar-refractivity contribution in [2.45, 2.75) is 19.4 Å². The smallest absolute Gasteiger partial charge is 0.295 e. The predicted molar refractivity (Wildman–Crippen MR) is 125 cm³/mol. The molecule has 1 atom stereocenters. The van der Waals surface area contributed by atoms with Gasteiger partial charge >= 0.3 is 0 Å². The maximum Gasteiger partial charge on any atom is 0.295 e. The van der Waals surface area contributed by atoms with Gasteiger partial charge in [0.15, 0.2) is 0 Å². The number of hydrogen-bond donors (Lipinski definition) is 1. The number of nitrogens with zero attached hydrogens (tertiary/aromatic N) is 1. The van der Waals surface area contributed by atoms with Crippen LogP contribution in [0.25, 0.3) is 5.76 Å². The Kier molecular flexibility index (Phi) is 8.27. The van der Waals surface area contributed by atoms with Crippen molar-refractivity contribution >= 4 is 17.4 Å². The average molecular weight is 452 g/mol. The largest absolute Gasteiger partial charge is 0.507 e. The van der Waals surface area contributed by atoms with Crippen LogP contribution in [0.5, 0.6) is 11.5 Å². The van der Waals surface area contributed by atoms with Gasteiger partial charge in [0.1, 0.15) is 23.9 Å². The Hall–Kier alpha value is -3.58. The van der Waals surface area contributed by atoms with Crippen molar-refractivity contribution in [3.05, 3.63) is 77.9 Å². The Morgan fingerprint density at radius 3 is 2.27 bits per heavy atom. The van der Waals surface area contributed by atoms with Crippen molar-refractivity contribution in [3.63, 3.8) is 0 Å². The molecule has 1 saturated heterocycles. The second-order valence-corrected chi connectivity index (χ2v) is 7.53. The standard InChI is InChI=1S/C26H29NO6/c1-4-15-32-20-10-6-18(7-11-20)23-22(25(29)26(30)27(23)14-17-31-3)24(28)19-8-12-21(13-9-19)33-16-5-2/h5-13,23,28H,2,4,14-17H2,1,3H3. The van der Waals surface area contributed by atoms with Crippen molar-refractivity contribution in [2.75, 3.05) is 33.5 Å². The van der Waals surface area contributed by atoms with Gasteiger partial charge in [-0.2, -0.15) is 0 Å². The van der Waals surface area contributed by atoms with Crippen LogP contribution in [0.4, 0.5) is 0 Å². The van der Waals surface area contributed by atoms with E-state index < -0.39 is 17.7 Å². The van der Waals surface area contributed by atoms with E-state index in [4.69, 9.17) is 14.2 Å². The maximum atomic E-state index is 13.0. The lowest BCUT2D eigenvalue weighted by molar-refractivity contribution is -0.140. The van der Waals surface area contributed by atoms with Gasteiger partial charge in [0.2, 0.25) is 0 Å². The minimum Gasteiger partial charge on any atom is -0.507 e. The number of Topliss-reactive ketones (excluding diaryl/α,β-unsaturated/α-hetero) is 1. The highest BCUT2D eigenvalue weighted by Gasteiger charge is 2.45. The van der Waals surface area contributed by atoms with E-state index >= 15 is 0 Å². The second kappa shape index (κ2) is 11.3. The number of methoxy groups -OCH3 is 1. The van der Waals surface area contributed by atoms with Gasteiger partial charge < -0.3 is 24.2 Å². The zero-order chi connectivity index (χ0) is 23.8. The molecule has 7 heteroatoms. The number of likely N-dealkylation sites (tertiary alicyclic amines) is 1. The van der Waals surface area contributed by atoms with Crippen LogP contribution in [-0.4, -0.2) is 55.2 Å². The summed E-state index contributed by atoms with van der Waals surface area (Å²) in [7, 11) is 1.53. The van der Waals surface area contributed by atoms with E-state index in [-0.39, 0.29) is 24.5 Å². The first-order valence-electron chi connectivity index (χ1n) is 10.9. The van der Waals surface area contributed by atoms with Gasteiger partial charge in [-0.25, -0.2) is 0 Å². The van der Waals surface area contributed by atoms with Crippen LogP contribution in [-0.2, 0) is 14.3 Å². The summed E-state index contributed by atoms with van der Waals surface area (Å²) < 4.78 is 16.3. The van der Waals surface area contributed by atoms with E-state index in [2.05, 4.69) is 6.58 Å². The SMILES string of the molecule is C=CCOc1ccc(C(O)=C2C(=O)C(=O)N(CCOC)C2c2ccc(OCCC)cc2)cc1. The third-order valence-electron chi connectivity index (χ3n) is 5.24. The third kappa shape index (κ3) is 5.43. The van der Waals surface area contributed by atoms with Crippen LogP contribution in [0.3, 0.4) is 0 Å². The normalized spacial score (nSPS) is 17.3. The molecule has 0 spiro atoms. The van der Waals surface area contributed by atoms with Crippen LogP contribution in [0, 0.1) is 0 Å². The molecule has 1 heterocycles. The summed E-state index contributed by atoms with van der Waals surface area (Å²) >= 11 is 0. The fraction of sp³-hybridized carbons (Fsp3) is 0.308. The van der Waals surface area contributed by atoms with Gasteiger partial charge in [-0.1, -0.05) is 31.7 Å². The molecular weight excluding hydrogens is 422 g/mol. The van der Waals surface area contributed by atoms with Crippen molar-refractivity contribution in [3.8, 4) is 11.5 Å². The molecule has 1 unspecified atom stereocenters. The van der Waals surface area contributed by atoms with E-state index in [1.807, 2.05) is 6.92 Å². The summed E-state index contributed by atoms with van der Waals surface area (Å²) in [5.41, 5.74) is 1.15. The average Bonchev–Trinajstić information content (AvgIpc) is 3.10. The Bertz CT molecular complexity index is 1010. The minimum absolute atomic E-state index is 0.0399. The summed E-state index contributed by atoms with van der Waals surface area (Å²) in [6, 6.07) is 13.1. The van der Waals surface area contributed by atoms with E-state index in [1.54, 1.807) is 54.6 Å². The summed E-state index contributed by atoms with van der Waals surface area (Å²) in [6.45, 7) is 7.06. The van der Waals surface area contributed by atoms with Gasteiger partial charge in [0.05, 0.1) is 24.8 Å². The molecule has 2 aromatic rings.